The number of amides is 2. The summed E-state index contributed by atoms with van der Waals surface area (Å²) in [5, 5.41) is 9.56. The van der Waals surface area contributed by atoms with Crippen LogP contribution >= 0.6 is 0 Å². The molecule has 0 spiro atoms. The van der Waals surface area contributed by atoms with Gasteiger partial charge < -0.3 is 29.8 Å². The Morgan fingerprint density at radius 2 is 1.81 bits per heavy atom. The molecule has 1 aromatic heterocycles. The van der Waals surface area contributed by atoms with E-state index in [2.05, 4.69) is 0 Å². The van der Waals surface area contributed by atoms with E-state index in [0.29, 0.717) is 5.52 Å². The van der Waals surface area contributed by atoms with Gasteiger partial charge >= 0.3 is 12.1 Å². The number of carboxylic acids is 1. The number of nitrogens with two attached hydrogens (primary N) is 1. The van der Waals surface area contributed by atoms with Crippen LogP contribution in [0.4, 0.5) is 14.9 Å². The van der Waals surface area contributed by atoms with Crippen molar-refractivity contribution in [3.8, 4) is 5.75 Å². The summed E-state index contributed by atoms with van der Waals surface area (Å²) in [6, 6.07) is -0.477. The van der Waals surface area contributed by atoms with Crippen LogP contribution in [0.2, 0.25) is 0 Å². The molecule has 2 aliphatic rings. The molecular formula is C31H43FN4O7. The fraction of sp³-hybridized carbons (Fsp3) is 0.613. The molecule has 2 aromatic rings. The first-order chi connectivity index (χ1) is 19.9. The van der Waals surface area contributed by atoms with Gasteiger partial charge in [-0.05, 0) is 52.0 Å². The number of carbonyl (C=O) groups excluding carboxylic acids is 2. The molecule has 1 aliphatic carbocycles. The third-order valence-corrected chi connectivity index (χ3v) is 8.20. The van der Waals surface area contributed by atoms with Crippen molar-refractivity contribution in [2.75, 3.05) is 25.1 Å². The fourth-order valence-electron chi connectivity index (χ4n) is 5.87. The van der Waals surface area contributed by atoms with E-state index in [-0.39, 0.29) is 48.3 Å². The number of fused-ring (bicyclic) bond motifs is 1. The maximum absolute atomic E-state index is 16.0. The normalized spacial score (nSPS) is 19.3. The second kappa shape index (κ2) is 11.4. The van der Waals surface area contributed by atoms with Crippen molar-refractivity contribution in [3.05, 3.63) is 33.9 Å². The van der Waals surface area contributed by atoms with Gasteiger partial charge in [-0.25, -0.2) is 18.9 Å². The Hall–Kier alpha value is -3.67. The quantitative estimate of drug-likeness (QED) is 0.467. The second-order valence-corrected chi connectivity index (χ2v) is 13.6. The van der Waals surface area contributed by atoms with E-state index in [0.717, 1.165) is 23.8 Å². The summed E-state index contributed by atoms with van der Waals surface area (Å²) in [5.41, 5.74) is 3.89. The maximum atomic E-state index is 16.0. The lowest BCUT2D eigenvalue weighted by molar-refractivity contribution is -0.137. The Bertz CT molecular complexity index is 1510. The van der Waals surface area contributed by atoms with E-state index in [1.54, 1.807) is 44.1 Å². The van der Waals surface area contributed by atoms with E-state index in [1.165, 1.54) is 13.3 Å². The number of imide groups is 1. The number of hydrogen-bond donors (Lipinski definition) is 2. The number of piperidine rings is 1. The van der Waals surface area contributed by atoms with Crippen LogP contribution in [-0.2, 0) is 9.53 Å². The van der Waals surface area contributed by atoms with E-state index in [9.17, 15) is 24.3 Å². The van der Waals surface area contributed by atoms with Crippen molar-refractivity contribution in [2.24, 2.45) is 17.1 Å². The van der Waals surface area contributed by atoms with Crippen LogP contribution in [0.5, 0.6) is 5.75 Å². The van der Waals surface area contributed by atoms with Crippen LogP contribution in [0.15, 0.2) is 17.1 Å². The second-order valence-electron chi connectivity index (χ2n) is 13.6. The van der Waals surface area contributed by atoms with Crippen molar-refractivity contribution >= 4 is 34.6 Å². The number of aromatic nitrogens is 1. The molecule has 1 saturated heterocycles. The van der Waals surface area contributed by atoms with Crippen molar-refractivity contribution in [3.63, 3.8) is 0 Å². The Morgan fingerprint density at radius 3 is 2.30 bits per heavy atom. The predicted octanol–water partition coefficient (Wildman–Crippen LogP) is 4.53. The minimum atomic E-state index is -1.38. The number of aromatic carboxylic acids is 1. The lowest BCUT2D eigenvalue weighted by Crippen LogP contribution is -2.62. The van der Waals surface area contributed by atoms with Gasteiger partial charge in [0, 0.05) is 30.7 Å². The Labute approximate surface area is 250 Å². The molecule has 43 heavy (non-hydrogen) atoms. The van der Waals surface area contributed by atoms with Gasteiger partial charge in [0.15, 0.2) is 11.6 Å². The molecule has 1 unspecified atom stereocenters. The highest BCUT2D eigenvalue weighted by Crippen LogP contribution is 2.46. The Balaban J connectivity index is 1.79. The van der Waals surface area contributed by atoms with Crippen LogP contribution in [0.3, 0.4) is 0 Å². The zero-order chi connectivity index (χ0) is 32.2. The lowest BCUT2D eigenvalue weighted by Gasteiger charge is -2.49. The molecule has 2 fully saturated rings. The molecule has 2 atom stereocenters. The number of benzene rings is 1. The van der Waals surface area contributed by atoms with Crippen LogP contribution in [0.1, 0.15) is 84.1 Å². The van der Waals surface area contributed by atoms with Gasteiger partial charge in [0.2, 0.25) is 11.3 Å². The minimum absolute atomic E-state index is 0.0332. The van der Waals surface area contributed by atoms with E-state index in [4.69, 9.17) is 15.2 Å². The summed E-state index contributed by atoms with van der Waals surface area (Å²) in [5.74, 6) is -2.74. The summed E-state index contributed by atoms with van der Waals surface area (Å²) < 4.78 is 29.1. The van der Waals surface area contributed by atoms with Crippen LogP contribution < -0.4 is 20.8 Å². The van der Waals surface area contributed by atoms with E-state index in [1.807, 2.05) is 13.8 Å². The first-order valence-corrected chi connectivity index (χ1v) is 14.6. The molecule has 0 radical (unpaired) electrons. The zero-order valence-electron chi connectivity index (χ0n) is 26.2. The van der Waals surface area contributed by atoms with Gasteiger partial charge in [0.05, 0.1) is 30.1 Å². The van der Waals surface area contributed by atoms with Crippen molar-refractivity contribution in [1.29, 1.82) is 0 Å². The van der Waals surface area contributed by atoms with Crippen molar-refractivity contribution in [1.82, 2.24) is 9.47 Å². The topological polar surface area (TPSA) is 144 Å². The Kier molecular flexibility index (Phi) is 8.58. The minimum Gasteiger partial charge on any atom is -0.492 e. The molecule has 12 heteroatoms. The molecule has 2 amide bonds. The van der Waals surface area contributed by atoms with Gasteiger partial charge in [0.1, 0.15) is 16.9 Å². The van der Waals surface area contributed by atoms with Gasteiger partial charge in [-0.1, -0.05) is 27.7 Å². The molecular weight excluding hydrogens is 559 g/mol. The predicted molar refractivity (Wildman–Crippen MR) is 160 cm³/mol. The summed E-state index contributed by atoms with van der Waals surface area (Å²) in [6.45, 7) is 13.0. The highest BCUT2D eigenvalue weighted by Gasteiger charge is 2.47. The number of ether oxygens (including phenoxy) is 2. The van der Waals surface area contributed by atoms with Gasteiger partial charge in [-0.3, -0.25) is 9.59 Å². The molecule has 1 aromatic carbocycles. The van der Waals surface area contributed by atoms with E-state index < -0.39 is 57.9 Å². The summed E-state index contributed by atoms with van der Waals surface area (Å²) in [4.78, 5) is 54.9. The highest BCUT2D eigenvalue weighted by atomic mass is 19.1. The first kappa shape index (κ1) is 32.2. The van der Waals surface area contributed by atoms with Crippen molar-refractivity contribution < 1.29 is 33.4 Å². The first-order valence-electron chi connectivity index (χ1n) is 14.6. The lowest BCUT2D eigenvalue weighted by atomic mass is 9.77. The number of pyridine rings is 1. The SMILES string of the molecule is COc1c(N2CCC(N(C(=O)OC(C)(C)C)C(=O)[C@@H](N)C(C)C)C(C)(C)C2)c(F)cc2c(=O)c(C(=O)O)cn(C3CC3)c12. The monoisotopic (exact) mass is 602 g/mol. The average molecular weight is 603 g/mol. The molecule has 4 rings (SSSR count). The summed E-state index contributed by atoms with van der Waals surface area (Å²) in [6.07, 6.45) is 2.40. The summed E-state index contributed by atoms with van der Waals surface area (Å²) >= 11 is 0. The third-order valence-electron chi connectivity index (χ3n) is 8.20. The van der Waals surface area contributed by atoms with Crippen LogP contribution in [0, 0.1) is 17.2 Å². The zero-order valence-corrected chi connectivity index (χ0v) is 26.2. The summed E-state index contributed by atoms with van der Waals surface area (Å²) in [7, 11) is 1.39. The molecule has 0 bridgehead atoms. The fourth-order valence-corrected chi connectivity index (χ4v) is 5.87. The van der Waals surface area contributed by atoms with E-state index >= 15 is 4.39 Å². The molecule has 236 valence electrons. The van der Waals surface area contributed by atoms with Gasteiger partial charge in [-0.2, -0.15) is 0 Å². The van der Waals surface area contributed by atoms with Gasteiger partial charge in [-0.15, -0.1) is 0 Å². The molecule has 3 N–H and O–H groups in total. The molecule has 2 heterocycles. The standard InChI is InChI=1S/C31H43FN4O7/c1-16(2)22(33)27(38)36(29(41)43-30(3,4)5)21-11-12-34(15-31(21,6)7)24-20(32)13-18-23(26(24)42-8)35(17-9-10-17)14-19(25(18)37)28(39)40/h13-14,16-17,21-22H,9-12,15,33H2,1-8H3,(H,39,40)/t21?,22-/m0/s1. The molecule has 1 saturated carbocycles. The number of methoxy groups -OCH3 is 1. The number of rotatable bonds is 7. The largest absolute Gasteiger partial charge is 0.492 e. The Morgan fingerprint density at radius 1 is 1.19 bits per heavy atom. The number of anilines is 1. The number of carbonyl (C=O) groups is 3. The van der Waals surface area contributed by atoms with Crippen molar-refractivity contribution in [2.45, 2.75) is 91.5 Å². The maximum Gasteiger partial charge on any atom is 0.417 e. The molecule has 1 aliphatic heterocycles. The van der Waals surface area contributed by atoms with Gasteiger partial charge in [0.25, 0.3) is 0 Å². The number of nitrogens with zero attached hydrogens (tertiary/aromatic N) is 3. The van der Waals surface area contributed by atoms with Crippen LogP contribution in [-0.4, -0.2) is 70.4 Å². The number of halogens is 1. The average Bonchev–Trinajstić information content (AvgIpc) is 3.73. The number of hydrogen-bond acceptors (Lipinski definition) is 8. The molecule has 11 nitrogen and oxygen atoms in total. The number of carboxylic acid groups (broad SMARTS) is 1. The smallest absolute Gasteiger partial charge is 0.417 e. The van der Waals surface area contributed by atoms with Crippen LogP contribution in [0.25, 0.3) is 10.9 Å². The third kappa shape index (κ3) is 6.20. The highest BCUT2D eigenvalue weighted by molar-refractivity contribution is 5.97.